The van der Waals surface area contributed by atoms with Crippen LogP contribution in [0.15, 0.2) is 23.7 Å². The van der Waals surface area contributed by atoms with Crippen molar-refractivity contribution in [2.24, 2.45) is 0 Å². The minimum Gasteiger partial charge on any atom is -0.507 e. The zero-order valence-corrected chi connectivity index (χ0v) is 16.0. The van der Waals surface area contributed by atoms with Gasteiger partial charge in [-0.1, -0.05) is 23.9 Å². The topological polar surface area (TPSA) is 72.8 Å². The van der Waals surface area contributed by atoms with Gasteiger partial charge in [0.05, 0.1) is 16.8 Å². The number of benzene rings is 1. The first-order valence-corrected chi connectivity index (χ1v) is 9.02. The average Bonchev–Trinajstić information content (AvgIpc) is 2.73. The number of aromatic hydroxyl groups is 1. The van der Waals surface area contributed by atoms with Gasteiger partial charge >= 0.3 is 7.12 Å². The monoisotopic (exact) mass is 362 g/mol. The second-order valence-electron chi connectivity index (χ2n) is 7.02. The van der Waals surface area contributed by atoms with E-state index in [1.807, 2.05) is 33.8 Å². The Morgan fingerprint density at radius 1 is 1.24 bits per heavy atom. The van der Waals surface area contributed by atoms with E-state index in [0.717, 1.165) is 11.0 Å². The van der Waals surface area contributed by atoms with Crippen LogP contribution < -0.4 is 0 Å². The molecule has 0 unspecified atom stereocenters. The molecule has 1 aliphatic heterocycles. The third-order valence-corrected chi connectivity index (χ3v) is 5.41. The Bertz CT molecular complexity index is 695. The number of hydrogen-bond donors (Lipinski definition) is 1. The molecule has 0 aliphatic carbocycles. The van der Waals surface area contributed by atoms with E-state index >= 15 is 0 Å². The Labute approximate surface area is 152 Å². The van der Waals surface area contributed by atoms with Gasteiger partial charge in [0.1, 0.15) is 5.75 Å². The van der Waals surface area contributed by atoms with Crippen molar-refractivity contribution in [1.29, 1.82) is 0 Å². The van der Waals surface area contributed by atoms with Crippen molar-refractivity contribution in [3.05, 3.63) is 34.8 Å². The first kappa shape index (κ1) is 19.8. The van der Waals surface area contributed by atoms with Crippen molar-refractivity contribution in [1.82, 2.24) is 0 Å². The predicted molar refractivity (Wildman–Crippen MR) is 101 cm³/mol. The Balaban J connectivity index is 2.36. The number of carbonyl (C=O) groups is 2. The first-order chi connectivity index (χ1) is 11.6. The highest BCUT2D eigenvalue weighted by Gasteiger charge is 2.52. The first-order valence-electron chi connectivity index (χ1n) is 8.03. The summed E-state index contributed by atoms with van der Waals surface area (Å²) in [7, 11) is -0.578. The smallest absolute Gasteiger partial charge is 0.491 e. The molecule has 1 saturated heterocycles. The van der Waals surface area contributed by atoms with E-state index in [1.54, 1.807) is 12.1 Å². The Hall–Kier alpha value is -1.57. The molecule has 0 bridgehead atoms. The standard InChI is InChI=1S/C18H23BO5S/c1-12(21)25-11-15(19-23-17(2,3)18(4,5)24-19)9-13-6-7-16(22)14(8-13)10-20/h6-10,22H,11H2,1-5H3. The van der Waals surface area contributed by atoms with Crippen molar-refractivity contribution >= 4 is 36.4 Å². The van der Waals surface area contributed by atoms with Crippen molar-refractivity contribution < 1.29 is 24.0 Å². The van der Waals surface area contributed by atoms with Crippen LogP contribution in [-0.4, -0.2) is 40.6 Å². The molecule has 0 atom stereocenters. The van der Waals surface area contributed by atoms with Crippen LogP contribution in [0.25, 0.3) is 6.08 Å². The lowest BCUT2D eigenvalue weighted by Crippen LogP contribution is -2.41. The average molecular weight is 362 g/mol. The number of aldehydes is 1. The van der Waals surface area contributed by atoms with Gasteiger partial charge in [-0.25, -0.2) is 0 Å². The molecule has 1 N–H and O–H groups in total. The third kappa shape index (κ3) is 4.54. The van der Waals surface area contributed by atoms with E-state index in [-0.39, 0.29) is 16.4 Å². The maximum absolute atomic E-state index is 11.4. The summed E-state index contributed by atoms with van der Waals surface area (Å²) >= 11 is 1.17. The molecular weight excluding hydrogens is 339 g/mol. The summed E-state index contributed by atoms with van der Waals surface area (Å²) in [4.78, 5) is 22.4. The predicted octanol–water partition coefficient (Wildman–Crippen LogP) is 3.50. The Kier molecular flexibility index (Phi) is 5.81. The van der Waals surface area contributed by atoms with Crippen molar-refractivity contribution in [2.75, 3.05) is 5.75 Å². The van der Waals surface area contributed by atoms with Gasteiger partial charge in [0.25, 0.3) is 0 Å². The van der Waals surface area contributed by atoms with E-state index in [0.29, 0.717) is 12.0 Å². The third-order valence-electron chi connectivity index (χ3n) is 4.53. The van der Waals surface area contributed by atoms with E-state index in [4.69, 9.17) is 9.31 Å². The summed E-state index contributed by atoms with van der Waals surface area (Å²) in [6.07, 6.45) is 2.44. The molecule has 0 spiro atoms. The quantitative estimate of drug-likeness (QED) is 0.639. The van der Waals surface area contributed by atoms with Gasteiger partial charge in [0, 0.05) is 12.7 Å². The van der Waals surface area contributed by atoms with Crippen LogP contribution >= 0.6 is 11.8 Å². The number of thioether (sulfide) groups is 1. The Morgan fingerprint density at radius 3 is 2.36 bits per heavy atom. The van der Waals surface area contributed by atoms with Crippen molar-refractivity contribution in [3.63, 3.8) is 0 Å². The molecule has 134 valence electrons. The molecule has 0 aromatic heterocycles. The second kappa shape index (κ2) is 7.36. The molecule has 5 nitrogen and oxygen atoms in total. The van der Waals surface area contributed by atoms with Crippen LogP contribution in [0.5, 0.6) is 5.75 Å². The molecular formula is C18H23BO5S. The van der Waals surface area contributed by atoms with Crippen molar-refractivity contribution in [2.45, 2.75) is 45.8 Å². The molecule has 1 aliphatic rings. The number of rotatable bonds is 5. The largest absolute Gasteiger partial charge is 0.507 e. The van der Waals surface area contributed by atoms with Crippen LogP contribution in [-0.2, 0) is 14.1 Å². The zero-order chi connectivity index (χ0) is 18.8. The molecule has 0 radical (unpaired) electrons. The van der Waals surface area contributed by atoms with Crippen LogP contribution in [0.4, 0.5) is 0 Å². The number of carbonyl (C=O) groups excluding carboxylic acids is 2. The summed E-state index contributed by atoms with van der Waals surface area (Å²) in [5.41, 5.74) is 0.762. The van der Waals surface area contributed by atoms with Gasteiger partial charge in [0.2, 0.25) is 0 Å². The molecule has 25 heavy (non-hydrogen) atoms. The lowest BCUT2D eigenvalue weighted by Gasteiger charge is -2.32. The van der Waals surface area contributed by atoms with E-state index in [9.17, 15) is 14.7 Å². The number of hydrogen-bond acceptors (Lipinski definition) is 6. The molecule has 1 heterocycles. The van der Waals surface area contributed by atoms with Gasteiger partial charge in [-0.2, -0.15) is 0 Å². The Morgan fingerprint density at radius 2 is 1.84 bits per heavy atom. The lowest BCUT2D eigenvalue weighted by atomic mass is 9.78. The van der Waals surface area contributed by atoms with Crippen LogP contribution in [0, 0.1) is 0 Å². The highest BCUT2D eigenvalue weighted by molar-refractivity contribution is 8.13. The summed E-state index contributed by atoms with van der Waals surface area (Å²) in [5.74, 6) is 0.353. The highest BCUT2D eigenvalue weighted by atomic mass is 32.2. The molecule has 7 heteroatoms. The minimum atomic E-state index is -0.578. The number of phenols is 1. The van der Waals surface area contributed by atoms with Gasteiger partial charge in [0.15, 0.2) is 11.4 Å². The molecule has 1 aromatic carbocycles. The number of phenolic OH excluding ortho intramolecular Hbond substituents is 1. The lowest BCUT2D eigenvalue weighted by molar-refractivity contribution is -0.109. The SMILES string of the molecule is CC(=O)SCC(=Cc1ccc(O)c(C=O)c1)B1OC(C)(C)C(C)(C)O1. The summed E-state index contributed by atoms with van der Waals surface area (Å²) in [5, 5.41) is 9.65. The van der Waals surface area contributed by atoms with Crippen LogP contribution in [0.2, 0.25) is 0 Å². The molecule has 1 aromatic rings. The highest BCUT2D eigenvalue weighted by Crippen LogP contribution is 2.39. The van der Waals surface area contributed by atoms with Crippen LogP contribution in [0.3, 0.4) is 0 Å². The molecule has 2 rings (SSSR count). The normalized spacial score (nSPS) is 19.1. The van der Waals surface area contributed by atoms with Crippen molar-refractivity contribution in [3.8, 4) is 5.75 Å². The fourth-order valence-corrected chi connectivity index (χ4v) is 2.92. The maximum atomic E-state index is 11.4. The summed E-state index contributed by atoms with van der Waals surface area (Å²) in [6.45, 7) is 9.38. The summed E-state index contributed by atoms with van der Waals surface area (Å²) in [6, 6.07) is 4.76. The van der Waals surface area contributed by atoms with E-state index < -0.39 is 18.3 Å². The maximum Gasteiger partial charge on any atom is 0.491 e. The molecule has 0 amide bonds. The van der Waals surface area contributed by atoms with E-state index in [1.165, 1.54) is 24.8 Å². The van der Waals surface area contributed by atoms with Gasteiger partial charge in [-0.3, -0.25) is 9.59 Å². The fourth-order valence-electron chi connectivity index (χ4n) is 2.33. The van der Waals surface area contributed by atoms with Gasteiger partial charge in [-0.15, -0.1) is 0 Å². The summed E-state index contributed by atoms with van der Waals surface area (Å²) < 4.78 is 12.2. The fraction of sp³-hybridized carbons (Fsp3) is 0.444. The van der Waals surface area contributed by atoms with Crippen LogP contribution in [0.1, 0.15) is 50.5 Å². The van der Waals surface area contributed by atoms with Gasteiger partial charge < -0.3 is 14.4 Å². The second-order valence-corrected chi connectivity index (χ2v) is 8.18. The molecule has 0 saturated carbocycles. The minimum absolute atomic E-state index is 0.00158. The zero-order valence-electron chi connectivity index (χ0n) is 15.2. The van der Waals surface area contributed by atoms with Gasteiger partial charge in [-0.05, 0) is 50.9 Å². The molecule has 1 fully saturated rings. The van der Waals surface area contributed by atoms with E-state index in [2.05, 4.69) is 0 Å².